The lowest BCUT2D eigenvalue weighted by atomic mass is 9.84. The molecule has 2 aliphatic carbocycles. The van der Waals surface area contributed by atoms with Gasteiger partial charge in [-0.05, 0) is 77.6 Å². The first kappa shape index (κ1) is 20.5. The van der Waals surface area contributed by atoms with Crippen LogP contribution in [0.25, 0.3) is 0 Å². The number of aliphatic carboxylic acids is 1. The topological polar surface area (TPSA) is 75.6 Å². The van der Waals surface area contributed by atoms with Gasteiger partial charge in [-0.1, -0.05) is 0 Å². The molecule has 0 unspecified atom stereocenters. The van der Waals surface area contributed by atoms with Gasteiger partial charge in [0.2, 0.25) is 5.91 Å². The maximum atomic E-state index is 12.2. The summed E-state index contributed by atoms with van der Waals surface area (Å²) in [7, 11) is 0. The normalized spacial score (nSPS) is 30.7. The summed E-state index contributed by atoms with van der Waals surface area (Å²) in [6, 6.07) is 0. The maximum Gasteiger partial charge on any atom is 0.335 e. The lowest BCUT2D eigenvalue weighted by Crippen LogP contribution is -2.40. The zero-order chi connectivity index (χ0) is 18.4. The Morgan fingerprint density at radius 1 is 1.08 bits per heavy atom. The van der Waals surface area contributed by atoms with Crippen molar-refractivity contribution in [2.75, 3.05) is 6.54 Å². The summed E-state index contributed by atoms with van der Waals surface area (Å²) in [5.74, 6) is -0.00613. The van der Waals surface area contributed by atoms with Crippen molar-refractivity contribution in [1.82, 2.24) is 5.32 Å². The van der Waals surface area contributed by atoms with Crippen LogP contribution >= 0.6 is 11.6 Å². The van der Waals surface area contributed by atoms with Crippen LogP contribution in [0.1, 0.15) is 71.6 Å². The second-order valence-corrected chi connectivity index (χ2v) is 8.72. The van der Waals surface area contributed by atoms with Gasteiger partial charge in [0, 0.05) is 17.8 Å². The number of nitrogens with one attached hydrogen (secondary N) is 1. The van der Waals surface area contributed by atoms with Gasteiger partial charge in [-0.3, -0.25) is 4.79 Å². The number of hydrogen-bond acceptors (Lipinski definition) is 3. The van der Waals surface area contributed by atoms with Crippen LogP contribution in [-0.2, 0) is 14.3 Å². The van der Waals surface area contributed by atoms with E-state index >= 15 is 0 Å². The molecule has 2 fully saturated rings. The van der Waals surface area contributed by atoms with Crippen LogP contribution in [0.4, 0.5) is 0 Å². The SMILES string of the molecule is CC(C)(OC1CCC(CCNC(=O)C2CCC(Cl)CC2)CC1)C(=O)O. The molecule has 5 nitrogen and oxygen atoms in total. The van der Waals surface area contributed by atoms with Gasteiger partial charge in [-0.2, -0.15) is 0 Å². The standard InChI is InChI=1S/C19H32ClNO4/c1-19(2,18(23)24)25-16-9-3-13(4-10-16)11-12-21-17(22)14-5-7-15(20)8-6-14/h13-16H,3-12H2,1-2H3,(H,21,22)(H,23,24). The number of carboxylic acid groups (broad SMARTS) is 1. The Bertz CT molecular complexity index is 452. The molecule has 0 heterocycles. The van der Waals surface area contributed by atoms with E-state index in [9.17, 15) is 9.59 Å². The molecule has 0 aliphatic heterocycles. The Balaban J connectivity index is 1.61. The first-order valence-electron chi connectivity index (χ1n) is 9.61. The molecule has 2 rings (SSSR count). The number of halogens is 1. The Morgan fingerprint density at radius 3 is 2.24 bits per heavy atom. The number of carboxylic acids is 1. The lowest BCUT2D eigenvalue weighted by molar-refractivity contribution is -0.170. The Kier molecular flexibility index (Phi) is 7.56. The fourth-order valence-electron chi connectivity index (χ4n) is 3.86. The number of alkyl halides is 1. The smallest absolute Gasteiger partial charge is 0.335 e. The molecule has 6 heteroatoms. The van der Waals surface area contributed by atoms with Crippen molar-refractivity contribution in [2.24, 2.45) is 11.8 Å². The number of ether oxygens (including phenoxy) is 1. The van der Waals surface area contributed by atoms with Crippen LogP contribution < -0.4 is 5.32 Å². The van der Waals surface area contributed by atoms with Crippen LogP contribution in [0.2, 0.25) is 0 Å². The number of rotatable bonds is 7. The summed E-state index contributed by atoms with van der Waals surface area (Å²) in [6.45, 7) is 3.94. The van der Waals surface area contributed by atoms with E-state index in [1.54, 1.807) is 13.8 Å². The molecule has 0 atom stereocenters. The fraction of sp³-hybridized carbons (Fsp3) is 0.895. The van der Waals surface area contributed by atoms with Crippen molar-refractivity contribution in [2.45, 2.75) is 88.7 Å². The molecular formula is C19H32ClNO4. The number of hydrogen-bond donors (Lipinski definition) is 2. The third-order valence-corrected chi connectivity index (χ3v) is 6.09. The van der Waals surface area contributed by atoms with Crippen molar-refractivity contribution in [3.05, 3.63) is 0 Å². The van der Waals surface area contributed by atoms with Crippen molar-refractivity contribution < 1.29 is 19.4 Å². The average Bonchev–Trinajstić information content (AvgIpc) is 2.56. The predicted molar refractivity (Wildman–Crippen MR) is 97.8 cm³/mol. The van der Waals surface area contributed by atoms with Gasteiger partial charge in [0.05, 0.1) is 6.10 Å². The van der Waals surface area contributed by atoms with Crippen molar-refractivity contribution in [3.63, 3.8) is 0 Å². The molecule has 25 heavy (non-hydrogen) atoms. The minimum Gasteiger partial charge on any atom is -0.479 e. The van der Waals surface area contributed by atoms with E-state index < -0.39 is 11.6 Å². The third-order valence-electron chi connectivity index (χ3n) is 5.65. The Hall–Kier alpha value is -0.810. The van der Waals surface area contributed by atoms with Gasteiger partial charge >= 0.3 is 5.97 Å². The molecule has 0 bridgehead atoms. The summed E-state index contributed by atoms with van der Waals surface area (Å²) in [4.78, 5) is 23.3. The van der Waals surface area contributed by atoms with E-state index in [1.165, 1.54) is 0 Å². The van der Waals surface area contributed by atoms with Crippen LogP contribution in [0.3, 0.4) is 0 Å². The summed E-state index contributed by atoms with van der Waals surface area (Å²) >= 11 is 6.09. The molecular weight excluding hydrogens is 342 g/mol. The maximum absolute atomic E-state index is 12.2. The highest BCUT2D eigenvalue weighted by Gasteiger charge is 2.33. The van der Waals surface area contributed by atoms with Crippen LogP contribution in [0.15, 0.2) is 0 Å². The third kappa shape index (κ3) is 6.45. The zero-order valence-electron chi connectivity index (χ0n) is 15.4. The second kappa shape index (κ2) is 9.22. The molecule has 0 aromatic carbocycles. The predicted octanol–water partition coefficient (Wildman–Crippen LogP) is 3.73. The monoisotopic (exact) mass is 373 g/mol. The minimum absolute atomic E-state index is 0.0303. The summed E-state index contributed by atoms with van der Waals surface area (Å²) in [5, 5.41) is 12.5. The second-order valence-electron chi connectivity index (χ2n) is 8.10. The van der Waals surface area contributed by atoms with Gasteiger partial charge < -0.3 is 15.2 Å². The molecule has 0 spiro atoms. The van der Waals surface area contributed by atoms with E-state index in [0.29, 0.717) is 5.92 Å². The van der Waals surface area contributed by atoms with Crippen molar-refractivity contribution in [3.8, 4) is 0 Å². The molecule has 0 aromatic heterocycles. The largest absolute Gasteiger partial charge is 0.479 e. The molecule has 2 N–H and O–H groups in total. The van der Waals surface area contributed by atoms with E-state index in [0.717, 1.165) is 64.3 Å². The molecule has 2 aliphatic rings. The molecule has 0 saturated heterocycles. The lowest BCUT2D eigenvalue weighted by Gasteiger charge is -2.33. The van der Waals surface area contributed by atoms with Crippen LogP contribution in [0, 0.1) is 11.8 Å². The quantitative estimate of drug-likeness (QED) is 0.667. The highest BCUT2D eigenvalue weighted by molar-refractivity contribution is 6.20. The van der Waals surface area contributed by atoms with Gasteiger partial charge in [0.1, 0.15) is 0 Å². The van der Waals surface area contributed by atoms with Gasteiger partial charge in [-0.15, -0.1) is 11.6 Å². The average molecular weight is 374 g/mol. The molecule has 0 aromatic rings. The molecule has 0 radical (unpaired) electrons. The minimum atomic E-state index is -1.12. The van der Waals surface area contributed by atoms with Gasteiger partial charge in [0.25, 0.3) is 0 Å². The van der Waals surface area contributed by atoms with Crippen molar-refractivity contribution in [1.29, 1.82) is 0 Å². The van der Waals surface area contributed by atoms with E-state index in [2.05, 4.69) is 5.32 Å². The summed E-state index contributed by atoms with van der Waals surface area (Å²) in [5.41, 5.74) is -1.12. The van der Waals surface area contributed by atoms with Crippen LogP contribution in [-0.4, -0.2) is 40.6 Å². The van der Waals surface area contributed by atoms with Crippen LogP contribution in [0.5, 0.6) is 0 Å². The van der Waals surface area contributed by atoms with Gasteiger partial charge in [0.15, 0.2) is 5.60 Å². The first-order chi connectivity index (χ1) is 11.8. The molecule has 144 valence electrons. The summed E-state index contributed by atoms with van der Waals surface area (Å²) < 4.78 is 5.74. The van der Waals surface area contributed by atoms with E-state index in [1.807, 2.05) is 0 Å². The molecule has 2 saturated carbocycles. The summed E-state index contributed by atoms with van der Waals surface area (Å²) in [6.07, 6.45) is 8.58. The van der Waals surface area contributed by atoms with E-state index in [4.69, 9.17) is 21.4 Å². The number of amides is 1. The highest BCUT2D eigenvalue weighted by atomic mass is 35.5. The van der Waals surface area contributed by atoms with E-state index in [-0.39, 0.29) is 23.3 Å². The molecule has 1 amide bonds. The number of carbonyl (C=O) groups is 2. The Labute approximate surface area is 155 Å². The fourth-order valence-corrected chi connectivity index (χ4v) is 4.12. The van der Waals surface area contributed by atoms with Gasteiger partial charge in [-0.25, -0.2) is 4.79 Å². The highest BCUT2D eigenvalue weighted by Crippen LogP contribution is 2.31. The number of carbonyl (C=O) groups excluding carboxylic acids is 1. The van der Waals surface area contributed by atoms with Crippen molar-refractivity contribution >= 4 is 23.5 Å². The Morgan fingerprint density at radius 2 is 1.68 bits per heavy atom. The first-order valence-corrected chi connectivity index (χ1v) is 10.0. The zero-order valence-corrected chi connectivity index (χ0v) is 16.2.